The van der Waals surface area contributed by atoms with Gasteiger partial charge in [-0.1, -0.05) is 28.4 Å². The highest BCUT2D eigenvalue weighted by atomic mass is 79.9. The summed E-state index contributed by atoms with van der Waals surface area (Å²) in [6, 6.07) is 4.94. The maximum Gasteiger partial charge on any atom is 0.573 e. The number of benzene rings is 1. The van der Waals surface area contributed by atoms with Crippen LogP contribution in [0.1, 0.15) is 31.7 Å². The molecule has 6 heteroatoms. The second-order valence-electron chi connectivity index (χ2n) is 5.12. The third kappa shape index (κ3) is 4.38. The lowest BCUT2D eigenvalue weighted by Crippen LogP contribution is -2.36. The van der Waals surface area contributed by atoms with Crippen molar-refractivity contribution in [1.29, 1.82) is 0 Å². The van der Waals surface area contributed by atoms with Crippen LogP contribution < -0.4 is 4.74 Å². The lowest BCUT2D eigenvalue weighted by atomic mass is 10.0. The number of rotatable bonds is 3. The minimum atomic E-state index is -4.65. The van der Waals surface area contributed by atoms with Crippen molar-refractivity contribution in [3.63, 3.8) is 0 Å². The molecule has 1 aliphatic heterocycles. The van der Waals surface area contributed by atoms with E-state index in [0.717, 1.165) is 18.7 Å². The van der Waals surface area contributed by atoms with Gasteiger partial charge < -0.3 is 4.74 Å². The average molecular weight is 352 g/mol. The normalized spacial score (nSPS) is 20.9. The molecule has 2 nitrogen and oxygen atoms in total. The topological polar surface area (TPSA) is 12.5 Å². The van der Waals surface area contributed by atoms with Gasteiger partial charge in [-0.2, -0.15) is 0 Å². The fraction of sp³-hybridized carbons (Fsp3) is 0.571. The van der Waals surface area contributed by atoms with Crippen LogP contribution in [0.2, 0.25) is 0 Å². The van der Waals surface area contributed by atoms with E-state index in [1.54, 1.807) is 6.07 Å². The van der Waals surface area contributed by atoms with Gasteiger partial charge >= 0.3 is 6.36 Å². The highest BCUT2D eigenvalue weighted by Crippen LogP contribution is 2.29. The minimum absolute atomic E-state index is 0.195. The lowest BCUT2D eigenvalue weighted by molar-refractivity contribution is -0.274. The molecule has 1 aromatic rings. The largest absolute Gasteiger partial charge is 0.573 e. The molecule has 1 saturated heterocycles. The summed E-state index contributed by atoms with van der Waals surface area (Å²) in [4.78, 5) is 2.36. The van der Waals surface area contributed by atoms with Gasteiger partial charge in [0.2, 0.25) is 0 Å². The summed E-state index contributed by atoms with van der Waals surface area (Å²) in [5, 5.41) is 0. The van der Waals surface area contributed by atoms with E-state index in [-0.39, 0.29) is 5.75 Å². The fourth-order valence-electron chi connectivity index (χ4n) is 2.46. The molecule has 1 heterocycles. The van der Waals surface area contributed by atoms with Crippen LogP contribution in [-0.2, 0) is 6.54 Å². The summed E-state index contributed by atoms with van der Waals surface area (Å²) in [6.45, 7) is 3.97. The number of halogens is 4. The second kappa shape index (κ2) is 6.35. The van der Waals surface area contributed by atoms with E-state index in [1.807, 2.05) is 0 Å². The van der Waals surface area contributed by atoms with Gasteiger partial charge in [0.05, 0.1) is 0 Å². The number of hydrogen-bond donors (Lipinski definition) is 0. The van der Waals surface area contributed by atoms with Crippen LogP contribution in [0.25, 0.3) is 0 Å². The highest BCUT2D eigenvalue weighted by molar-refractivity contribution is 9.10. The number of hydrogen-bond acceptors (Lipinski definition) is 2. The standard InChI is InChI=1S/C14H17BrF3NO/c1-10-4-2-3-7-19(10)9-11-5-6-12(8-13(11)15)20-14(16,17)18/h5-6,8,10H,2-4,7,9H2,1H3. The maximum absolute atomic E-state index is 12.2. The molecule has 1 unspecified atom stereocenters. The van der Waals surface area contributed by atoms with Crippen molar-refractivity contribution in [3.05, 3.63) is 28.2 Å². The Hall–Kier alpha value is -0.750. The number of alkyl halides is 3. The molecule has 1 aliphatic rings. The van der Waals surface area contributed by atoms with Crippen LogP contribution in [0.3, 0.4) is 0 Å². The Labute approximate surface area is 125 Å². The molecule has 112 valence electrons. The van der Waals surface area contributed by atoms with Gasteiger partial charge in [0.25, 0.3) is 0 Å². The first-order valence-electron chi connectivity index (χ1n) is 6.63. The predicted octanol–water partition coefficient (Wildman–Crippen LogP) is 4.72. The molecule has 1 aromatic carbocycles. The lowest BCUT2D eigenvalue weighted by Gasteiger charge is -2.33. The van der Waals surface area contributed by atoms with Gasteiger partial charge in [-0.15, -0.1) is 13.2 Å². The van der Waals surface area contributed by atoms with Gasteiger partial charge in [-0.05, 0) is 44.0 Å². The van der Waals surface area contributed by atoms with Gasteiger partial charge in [0.15, 0.2) is 0 Å². The van der Waals surface area contributed by atoms with E-state index < -0.39 is 6.36 Å². The molecule has 2 rings (SSSR count). The molecule has 0 aromatic heterocycles. The maximum atomic E-state index is 12.2. The molecule has 0 amide bonds. The Bertz CT molecular complexity index is 464. The first-order chi connectivity index (χ1) is 9.35. The Morgan fingerprint density at radius 2 is 2.10 bits per heavy atom. The van der Waals surface area contributed by atoms with Crippen LogP contribution >= 0.6 is 15.9 Å². The van der Waals surface area contributed by atoms with Crippen molar-refractivity contribution in [3.8, 4) is 5.75 Å². The SMILES string of the molecule is CC1CCCCN1Cc1ccc(OC(F)(F)F)cc1Br. The van der Waals surface area contributed by atoms with Crippen molar-refractivity contribution in [2.75, 3.05) is 6.54 Å². The van der Waals surface area contributed by atoms with Crippen LogP contribution in [0, 0.1) is 0 Å². The van der Waals surface area contributed by atoms with Gasteiger partial charge in [-0.25, -0.2) is 0 Å². The van der Waals surface area contributed by atoms with Crippen LogP contribution in [-0.4, -0.2) is 23.8 Å². The van der Waals surface area contributed by atoms with Gasteiger partial charge in [0, 0.05) is 17.1 Å². The van der Waals surface area contributed by atoms with E-state index in [1.165, 1.54) is 31.4 Å². The summed E-state index contributed by atoms with van der Waals surface area (Å²) in [5.41, 5.74) is 0.980. The molecular weight excluding hydrogens is 335 g/mol. The molecule has 20 heavy (non-hydrogen) atoms. The van der Waals surface area contributed by atoms with Crippen molar-refractivity contribution in [1.82, 2.24) is 4.90 Å². The zero-order valence-electron chi connectivity index (χ0n) is 11.2. The molecule has 0 spiro atoms. The highest BCUT2D eigenvalue weighted by Gasteiger charge is 2.31. The Morgan fingerprint density at radius 1 is 1.35 bits per heavy atom. The van der Waals surface area contributed by atoms with E-state index >= 15 is 0 Å². The fourth-order valence-corrected chi connectivity index (χ4v) is 2.95. The van der Waals surface area contributed by atoms with Crippen molar-refractivity contribution < 1.29 is 17.9 Å². The molecule has 0 N–H and O–H groups in total. The zero-order chi connectivity index (χ0) is 14.8. The quantitative estimate of drug-likeness (QED) is 0.780. The van der Waals surface area contributed by atoms with Crippen LogP contribution in [0.15, 0.2) is 22.7 Å². The van der Waals surface area contributed by atoms with E-state index in [9.17, 15) is 13.2 Å². The first kappa shape index (κ1) is 15.6. The van der Waals surface area contributed by atoms with Crippen molar-refractivity contribution in [2.45, 2.75) is 45.1 Å². The number of piperidine rings is 1. The van der Waals surface area contributed by atoms with E-state index in [2.05, 4.69) is 32.5 Å². The summed E-state index contributed by atoms with van der Waals surface area (Å²) in [6.07, 6.45) is -1.05. The molecule has 0 saturated carbocycles. The van der Waals surface area contributed by atoms with Crippen LogP contribution in [0.4, 0.5) is 13.2 Å². The average Bonchev–Trinajstić information content (AvgIpc) is 2.33. The summed E-state index contributed by atoms with van der Waals surface area (Å²) in [7, 11) is 0. The molecule has 0 aliphatic carbocycles. The summed E-state index contributed by atoms with van der Waals surface area (Å²) < 4.78 is 41.0. The van der Waals surface area contributed by atoms with Crippen LogP contribution in [0.5, 0.6) is 5.75 Å². The molecular formula is C14H17BrF3NO. The molecule has 1 fully saturated rings. The van der Waals surface area contributed by atoms with Crippen molar-refractivity contribution in [2.24, 2.45) is 0 Å². The Kier molecular flexibility index (Phi) is 4.96. The Balaban J connectivity index is 2.05. The molecule has 1 atom stereocenters. The number of nitrogens with zero attached hydrogens (tertiary/aromatic N) is 1. The summed E-state index contributed by atoms with van der Waals surface area (Å²) in [5.74, 6) is -0.195. The number of ether oxygens (including phenoxy) is 1. The van der Waals surface area contributed by atoms with Crippen molar-refractivity contribution >= 4 is 15.9 Å². The summed E-state index contributed by atoms with van der Waals surface area (Å²) >= 11 is 3.33. The minimum Gasteiger partial charge on any atom is -0.406 e. The zero-order valence-corrected chi connectivity index (χ0v) is 12.8. The van der Waals surface area contributed by atoms with Gasteiger partial charge in [-0.3, -0.25) is 4.90 Å². The van der Waals surface area contributed by atoms with E-state index in [0.29, 0.717) is 10.5 Å². The predicted molar refractivity (Wildman–Crippen MR) is 74.5 cm³/mol. The first-order valence-corrected chi connectivity index (χ1v) is 7.43. The number of likely N-dealkylation sites (tertiary alicyclic amines) is 1. The monoisotopic (exact) mass is 351 g/mol. The molecule has 0 bridgehead atoms. The third-order valence-electron chi connectivity index (χ3n) is 3.57. The molecule has 0 radical (unpaired) electrons. The van der Waals surface area contributed by atoms with Gasteiger partial charge in [0.1, 0.15) is 5.75 Å². The third-order valence-corrected chi connectivity index (χ3v) is 4.31. The second-order valence-corrected chi connectivity index (χ2v) is 5.97. The Morgan fingerprint density at radius 3 is 2.70 bits per heavy atom. The smallest absolute Gasteiger partial charge is 0.406 e. The van der Waals surface area contributed by atoms with E-state index in [4.69, 9.17) is 0 Å².